The molecule has 2 heterocycles. The van der Waals surface area contributed by atoms with E-state index in [4.69, 9.17) is 0 Å². The molecule has 160 valence electrons. The van der Waals surface area contributed by atoms with Crippen molar-refractivity contribution in [2.24, 2.45) is 0 Å². The van der Waals surface area contributed by atoms with Crippen LogP contribution in [0.2, 0.25) is 0 Å². The standard InChI is InChI=1S/C23H25N5O3/c29-22(28-21(23(30)31)16-25-15-20-6-2-4-12-27-20)18-9-7-17(8-10-18)13-24-14-19-5-1-3-11-26-19/h1-12,21,24-25H,13-16H2,(H,28,29)(H,30,31)/t21-/m0/s1. The second-order valence-electron chi connectivity index (χ2n) is 6.94. The minimum Gasteiger partial charge on any atom is -0.480 e. The van der Waals surface area contributed by atoms with E-state index >= 15 is 0 Å². The number of hydrogen-bond donors (Lipinski definition) is 4. The van der Waals surface area contributed by atoms with E-state index in [1.54, 1.807) is 24.5 Å². The van der Waals surface area contributed by atoms with E-state index in [-0.39, 0.29) is 6.54 Å². The molecule has 0 radical (unpaired) electrons. The minimum atomic E-state index is -1.10. The van der Waals surface area contributed by atoms with E-state index in [0.717, 1.165) is 17.0 Å². The lowest BCUT2D eigenvalue weighted by Gasteiger charge is -2.15. The van der Waals surface area contributed by atoms with Gasteiger partial charge in [-0.3, -0.25) is 14.8 Å². The summed E-state index contributed by atoms with van der Waals surface area (Å²) in [5, 5.41) is 18.3. The van der Waals surface area contributed by atoms with Crippen LogP contribution >= 0.6 is 0 Å². The van der Waals surface area contributed by atoms with Crippen molar-refractivity contribution in [1.29, 1.82) is 0 Å². The van der Waals surface area contributed by atoms with Crippen molar-refractivity contribution in [3.05, 3.63) is 95.6 Å². The number of nitrogens with zero attached hydrogens (tertiary/aromatic N) is 2. The Kier molecular flexibility index (Phi) is 8.21. The molecule has 0 saturated heterocycles. The monoisotopic (exact) mass is 419 g/mol. The predicted octanol–water partition coefficient (Wildman–Crippen LogP) is 1.74. The number of carboxylic acids is 1. The molecule has 0 aliphatic heterocycles. The molecule has 1 atom stereocenters. The Bertz CT molecular complexity index is 966. The molecule has 8 nitrogen and oxygen atoms in total. The summed E-state index contributed by atoms with van der Waals surface area (Å²) in [7, 11) is 0. The zero-order chi connectivity index (χ0) is 21.9. The molecular weight excluding hydrogens is 394 g/mol. The second kappa shape index (κ2) is 11.5. The van der Waals surface area contributed by atoms with E-state index < -0.39 is 17.9 Å². The summed E-state index contributed by atoms with van der Waals surface area (Å²) in [6, 6.07) is 17.3. The number of aromatic nitrogens is 2. The first-order valence-corrected chi connectivity index (χ1v) is 9.95. The molecule has 3 aromatic rings. The Balaban J connectivity index is 1.46. The van der Waals surface area contributed by atoms with Crippen molar-refractivity contribution >= 4 is 11.9 Å². The molecule has 0 unspecified atom stereocenters. The number of rotatable bonds is 11. The van der Waals surface area contributed by atoms with E-state index in [2.05, 4.69) is 25.9 Å². The van der Waals surface area contributed by atoms with Gasteiger partial charge in [0.25, 0.3) is 5.91 Å². The molecule has 0 bridgehead atoms. The third-order valence-corrected chi connectivity index (χ3v) is 4.56. The summed E-state index contributed by atoms with van der Waals surface area (Å²) in [5.41, 5.74) is 3.17. The van der Waals surface area contributed by atoms with Gasteiger partial charge in [0, 0.05) is 44.1 Å². The summed E-state index contributed by atoms with van der Waals surface area (Å²) in [6.45, 7) is 1.79. The van der Waals surface area contributed by atoms with Crippen molar-refractivity contribution in [1.82, 2.24) is 25.9 Å². The topological polar surface area (TPSA) is 116 Å². The number of nitrogens with one attached hydrogen (secondary N) is 3. The van der Waals surface area contributed by atoms with Gasteiger partial charge in [-0.1, -0.05) is 24.3 Å². The summed E-state index contributed by atoms with van der Waals surface area (Å²) in [5.74, 6) is -1.53. The van der Waals surface area contributed by atoms with Crippen LogP contribution in [0.25, 0.3) is 0 Å². The average Bonchev–Trinajstić information content (AvgIpc) is 2.80. The number of pyridine rings is 2. The molecule has 0 fully saturated rings. The van der Waals surface area contributed by atoms with Gasteiger partial charge < -0.3 is 21.1 Å². The number of amides is 1. The Morgan fingerprint density at radius 3 is 1.97 bits per heavy atom. The molecule has 3 rings (SSSR count). The first kappa shape index (κ1) is 22.1. The van der Waals surface area contributed by atoms with Crippen molar-refractivity contribution in [2.75, 3.05) is 6.54 Å². The lowest BCUT2D eigenvalue weighted by Crippen LogP contribution is -2.47. The molecule has 0 aliphatic rings. The molecule has 2 aromatic heterocycles. The van der Waals surface area contributed by atoms with Crippen LogP contribution in [0.1, 0.15) is 27.3 Å². The van der Waals surface area contributed by atoms with E-state index in [0.29, 0.717) is 25.2 Å². The minimum absolute atomic E-state index is 0.0904. The average molecular weight is 419 g/mol. The summed E-state index contributed by atoms with van der Waals surface area (Å²) in [6.07, 6.45) is 3.42. The van der Waals surface area contributed by atoms with Crippen LogP contribution in [0, 0.1) is 0 Å². The van der Waals surface area contributed by atoms with Gasteiger partial charge in [-0.15, -0.1) is 0 Å². The molecular formula is C23H25N5O3. The van der Waals surface area contributed by atoms with Gasteiger partial charge >= 0.3 is 5.97 Å². The van der Waals surface area contributed by atoms with Gasteiger partial charge in [0.05, 0.1) is 11.4 Å². The number of benzene rings is 1. The predicted molar refractivity (Wildman–Crippen MR) is 116 cm³/mol. The third kappa shape index (κ3) is 7.29. The molecule has 31 heavy (non-hydrogen) atoms. The summed E-state index contributed by atoms with van der Waals surface area (Å²) >= 11 is 0. The quantitative estimate of drug-likeness (QED) is 0.374. The van der Waals surface area contributed by atoms with Gasteiger partial charge in [0.15, 0.2) is 0 Å². The van der Waals surface area contributed by atoms with Crippen molar-refractivity contribution < 1.29 is 14.7 Å². The number of carbonyl (C=O) groups excluding carboxylic acids is 1. The van der Waals surface area contributed by atoms with Crippen LogP contribution in [0.3, 0.4) is 0 Å². The van der Waals surface area contributed by atoms with Gasteiger partial charge in [0.1, 0.15) is 6.04 Å². The maximum absolute atomic E-state index is 12.5. The zero-order valence-electron chi connectivity index (χ0n) is 17.0. The number of carbonyl (C=O) groups is 2. The summed E-state index contributed by atoms with van der Waals surface area (Å²) in [4.78, 5) is 32.4. The Morgan fingerprint density at radius 1 is 0.806 bits per heavy atom. The smallest absolute Gasteiger partial charge is 0.327 e. The molecule has 4 N–H and O–H groups in total. The maximum Gasteiger partial charge on any atom is 0.327 e. The molecule has 0 spiro atoms. The molecule has 0 saturated carbocycles. The third-order valence-electron chi connectivity index (χ3n) is 4.56. The maximum atomic E-state index is 12.5. The Morgan fingerprint density at radius 2 is 1.42 bits per heavy atom. The van der Waals surface area contributed by atoms with Crippen molar-refractivity contribution in [3.8, 4) is 0 Å². The van der Waals surface area contributed by atoms with Crippen LogP contribution in [-0.4, -0.2) is 39.5 Å². The first-order chi connectivity index (χ1) is 15.1. The normalized spacial score (nSPS) is 11.6. The molecule has 1 amide bonds. The number of aliphatic carboxylic acids is 1. The van der Waals surface area contributed by atoms with Gasteiger partial charge in [-0.25, -0.2) is 4.79 Å². The highest BCUT2D eigenvalue weighted by Crippen LogP contribution is 2.06. The summed E-state index contributed by atoms with van der Waals surface area (Å²) < 4.78 is 0. The fourth-order valence-electron chi connectivity index (χ4n) is 2.90. The number of carboxylic acid groups (broad SMARTS) is 1. The lowest BCUT2D eigenvalue weighted by molar-refractivity contribution is -0.139. The van der Waals surface area contributed by atoms with E-state index in [9.17, 15) is 14.7 Å². The van der Waals surface area contributed by atoms with Crippen LogP contribution in [0.4, 0.5) is 0 Å². The molecule has 8 heteroatoms. The van der Waals surface area contributed by atoms with Gasteiger partial charge in [-0.05, 0) is 42.0 Å². The SMILES string of the molecule is O=C(N[C@@H](CNCc1ccccn1)C(=O)O)c1ccc(CNCc2ccccn2)cc1. The highest BCUT2D eigenvalue weighted by molar-refractivity contribution is 5.96. The highest BCUT2D eigenvalue weighted by Gasteiger charge is 2.20. The van der Waals surface area contributed by atoms with Gasteiger partial charge in [0.2, 0.25) is 0 Å². The second-order valence-corrected chi connectivity index (χ2v) is 6.94. The highest BCUT2D eigenvalue weighted by atomic mass is 16.4. The van der Waals surface area contributed by atoms with E-state index in [1.807, 2.05) is 48.5 Å². The van der Waals surface area contributed by atoms with Crippen LogP contribution in [0.5, 0.6) is 0 Å². The van der Waals surface area contributed by atoms with Crippen LogP contribution < -0.4 is 16.0 Å². The van der Waals surface area contributed by atoms with Crippen molar-refractivity contribution in [3.63, 3.8) is 0 Å². The Labute approximate surface area is 180 Å². The van der Waals surface area contributed by atoms with E-state index in [1.165, 1.54) is 0 Å². The molecule has 1 aromatic carbocycles. The number of hydrogen-bond acceptors (Lipinski definition) is 6. The van der Waals surface area contributed by atoms with Crippen molar-refractivity contribution in [2.45, 2.75) is 25.7 Å². The first-order valence-electron chi connectivity index (χ1n) is 9.95. The van der Waals surface area contributed by atoms with Gasteiger partial charge in [-0.2, -0.15) is 0 Å². The Hall–Kier alpha value is -3.62. The van der Waals surface area contributed by atoms with Crippen LogP contribution in [0.15, 0.2) is 73.1 Å². The fourth-order valence-corrected chi connectivity index (χ4v) is 2.90. The molecule has 0 aliphatic carbocycles. The van der Waals surface area contributed by atoms with Crippen LogP contribution in [-0.2, 0) is 24.4 Å². The fraction of sp³-hybridized carbons (Fsp3) is 0.217. The lowest BCUT2D eigenvalue weighted by atomic mass is 10.1. The zero-order valence-corrected chi connectivity index (χ0v) is 17.0. The largest absolute Gasteiger partial charge is 0.480 e.